The fraction of sp³-hybridized carbons (Fsp3) is 0.814. The molecule has 47 heavy (non-hydrogen) atoms. The molecule has 2 heterocycles. The fourth-order valence-corrected chi connectivity index (χ4v) is 14.8. The van der Waals surface area contributed by atoms with Gasteiger partial charge < -0.3 is 20.7 Å². The van der Waals surface area contributed by atoms with E-state index in [0.717, 1.165) is 32.1 Å². The standard InChI is InChI=1S/C43H61NO3/c1-39(32-10-4-2-5-11-32)38-31-12-14-33(28-45)43(38,44)37-16-21-41(19-6-3-7-20-41)36-24-35(46)15-13-30(36)22-29-23-34(42(37,26-31)47-39)27-40(25-29)17-8-9-18-40/h13,15,24,29,31-34,37-38,45-46H,2-12,14,17-20,22-23,25-28,44H2,1H3/t29-,31+,33+,34+,37-,38+,39-,42-,43+/m1/s1. The lowest BCUT2D eigenvalue weighted by Gasteiger charge is -2.75. The van der Waals surface area contributed by atoms with Gasteiger partial charge in [-0.15, -0.1) is 0 Å². The predicted octanol–water partition coefficient (Wildman–Crippen LogP) is 8.59. The monoisotopic (exact) mass is 639 g/mol. The van der Waals surface area contributed by atoms with E-state index in [9.17, 15) is 10.2 Å². The summed E-state index contributed by atoms with van der Waals surface area (Å²) in [5.41, 5.74) is 9.93. The molecule has 6 saturated carbocycles. The van der Waals surface area contributed by atoms with Gasteiger partial charge in [-0.2, -0.15) is 0 Å². The van der Waals surface area contributed by atoms with Crippen molar-refractivity contribution in [2.75, 3.05) is 6.61 Å². The van der Waals surface area contributed by atoms with E-state index in [2.05, 4.69) is 30.9 Å². The van der Waals surface area contributed by atoms with Crippen molar-refractivity contribution < 1.29 is 14.9 Å². The van der Waals surface area contributed by atoms with Crippen molar-refractivity contribution in [1.82, 2.24) is 0 Å². The van der Waals surface area contributed by atoms with Gasteiger partial charge in [0.1, 0.15) is 5.75 Å². The average molecular weight is 640 g/mol. The van der Waals surface area contributed by atoms with Crippen LogP contribution in [0.5, 0.6) is 5.75 Å². The second kappa shape index (κ2) is 11.2. The number of aliphatic hydroxyl groups is 1. The Kier molecular flexibility index (Phi) is 7.52. The van der Waals surface area contributed by atoms with Gasteiger partial charge in [0.05, 0.1) is 22.5 Å². The zero-order valence-electron chi connectivity index (χ0n) is 29.2. The first-order chi connectivity index (χ1) is 22.7. The summed E-state index contributed by atoms with van der Waals surface area (Å²) in [4.78, 5) is 0. The lowest BCUT2D eigenvalue weighted by Crippen LogP contribution is -2.84. The highest BCUT2D eigenvalue weighted by molar-refractivity contribution is 5.47. The van der Waals surface area contributed by atoms with Crippen molar-refractivity contribution in [1.29, 1.82) is 0 Å². The SMILES string of the molecule is C[C@]1(C2CCCCC2)O[C@@]23C[C@@H]4CC[C@@H](CO)[C@](N)([C@@H]2C#CC2(CCCCC2)c2cc(O)ccc2C[C@@H]2C[C@H]3CC3(CCCC3)C2)[C@@H]41. The van der Waals surface area contributed by atoms with Crippen LogP contribution in [0.15, 0.2) is 18.2 Å². The third kappa shape index (κ3) is 4.57. The number of ether oxygens (including phenoxy) is 1. The number of nitrogens with two attached hydrogens (primary N) is 1. The predicted molar refractivity (Wildman–Crippen MR) is 187 cm³/mol. The van der Waals surface area contributed by atoms with E-state index >= 15 is 0 Å². The number of fused-ring (bicyclic) bond motifs is 5. The second-order valence-electron chi connectivity index (χ2n) is 18.8. The van der Waals surface area contributed by atoms with Gasteiger partial charge in [-0.3, -0.25) is 0 Å². The Labute approximate surface area is 284 Å². The first-order valence-corrected chi connectivity index (χ1v) is 20.2. The number of hydrogen-bond acceptors (Lipinski definition) is 4. The van der Waals surface area contributed by atoms with Gasteiger partial charge in [0, 0.05) is 24.0 Å². The van der Waals surface area contributed by atoms with E-state index in [4.69, 9.17) is 10.5 Å². The van der Waals surface area contributed by atoms with Crippen LogP contribution >= 0.6 is 0 Å². The maximum Gasteiger partial charge on any atom is 0.115 e. The van der Waals surface area contributed by atoms with Crippen LogP contribution in [0, 0.1) is 58.7 Å². The van der Waals surface area contributed by atoms with Crippen molar-refractivity contribution in [3.8, 4) is 17.6 Å². The maximum atomic E-state index is 11.2. The molecule has 4 nitrogen and oxygen atoms in total. The molecular formula is C43H61NO3. The molecule has 0 radical (unpaired) electrons. The minimum atomic E-state index is -0.547. The van der Waals surface area contributed by atoms with Crippen molar-refractivity contribution >= 4 is 0 Å². The van der Waals surface area contributed by atoms with Gasteiger partial charge in [-0.05, 0) is 143 Å². The lowest BCUT2D eigenvalue weighted by molar-refractivity contribution is -0.361. The number of phenols is 1. The normalized spacial score (nSPS) is 45.0. The van der Waals surface area contributed by atoms with Gasteiger partial charge in [0.2, 0.25) is 0 Å². The summed E-state index contributed by atoms with van der Waals surface area (Å²) in [6.07, 6.45) is 25.9. The third-order valence-corrected chi connectivity index (χ3v) is 16.5. The molecule has 3 spiro atoms. The molecule has 7 aliphatic carbocycles. The molecule has 8 fully saturated rings. The topological polar surface area (TPSA) is 75.7 Å². The van der Waals surface area contributed by atoms with Gasteiger partial charge in [-0.25, -0.2) is 0 Å². The number of benzene rings is 1. The van der Waals surface area contributed by atoms with Crippen LogP contribution in [0.4, 0.5) is 0 Å². The minimum absolute atomic E-state index is 0.0646. The van der Waals surface area contributed by atoms with E-state index in [1.165, 1.54) is 114 Å². The summed E-state index contributed by atoms with van der Waals surface area (Å²) >= 11 is 0. The Morgan fingerprint density at radius 2 is 1.62 bits per heavy atom. The second-order valence-corrected chi connectivity index (χ2v) is 18.8. The molecule has 256 valence electrons. The Hall–Kier alpha value is -1.54. The first-order valence-electron chi connectivity index (χ1n) is 20.2. The van der Waals surface area contributed by atoms with Gasteiger partial charge in [0.25, 0.3) is 0 Å². The molecule has 10 rings (SSSR count). The molecule has 0 aromatic heterocycles. The quantitative estimate of drug-likeness (QED) is 0.283. The van der Waals surface area contributed by atoms with Crippen LogP contribution in [-0.2, 0) is 16.6 Å². The van der Waals surface area contributed by atoms with Crippen LogP contribution in [0.3, 0.4) is 0 Å². The number of aromatic hydroxyl groups is 1. The van der Waals surface area contributed by atoms with Gasteiger partial charge >= 0.3 is 0 Å². The molecule has 0 amide bonds. The molecular weight excluding hydrogens is 578 g/mol. The van der Waals surface area contributed by atoms with E-state index in [1.54, 1.807) is 0 Å². The van der Waals surface area contributed by atoms with Gasteiger partial charge in [-0.1, -0.05) is 69.3 Å². The van der Waals surface area contributed by atoms with Crippen LogP contribution < -0.4 is 5.73 Å². The van der Waals surface area contributed by atoms with E-state index in [1.807, 2.05) is 6.07 Å². The summed E-state index contributed by atoms with van der Waals surface area (Å²) in [6, 6.07) is 6.30. The number of hydrogen-bond donors (Lipinski definition) is 3. The fourth-order valence-electron chi connectivity index (χ4n) is 14.8. The largest absolute Gasteiger partial charge is 0.508 e. The molecule has 4 N–H and O–H groups in total. The summed E-state index contributed by atoms with van der Waals surface area (Å²) in [6.45, 7) is 2.67. The highest BCUT2D eigenvalue weighted by Gasteiger charge is 2.76. The minimum Gasteiger partial charge on any atom is -0.508 e. The Bertz CT molecular complexity index is 1420. The zero-order chi connectivity index (χ0) is 32.1. The smallest absolute Gasteiger partial charge is 0.115 e. The van der Waals surface area contributed by atoms with Crippen molar-refractivity contribution in [2.45, 2.75) is 164 Å². The van der Waals surface area contributed by atoms with E-state index in [0.29, 0.717) is 34.8 Å². The molecule has 9 atom stereocenters. The lowest BCUT2D eigenvalue weighted by atomic mass is 9.38. The average Bonchev–Trinajstić information content (AvgIpc) is 3.52. The van der Waals surface area contributed by atoms with Crippen LogP contribution in [0.25, 0.3) is 0 Å². The Balaban J connectivity index is 1.29. The van der Waals surface area contributed by atoms with Crippen molar-refractivity contribution in [2.24, 2.45) is 52.6 Å². The van der Waals surface area contributed by atoms with Gasteiger partial charge in [0.15, 0.2) is 0 Å². The number of phenolic OH excluding ortho intramolecular Hbond substituents is 1. The maximum absolute atomic E-state index is 11.2. The summed E-state index contributed by atoms with van der Waals surface area (Å²) < 4.78 is 8.13. The molecule has 4 heteroatoms. The highest BCUT2D eigenvalue weighted by Crippen LogP contribution is 2.71. The van der Waals surface area contributed by atoms with Crippen LogP contribution in [0.1, 0.15) is 146 Å². The molecule has 6 bridgehead atoms. The summed E-state index contributed by atoms with van der Waals surface area (Å²) in [5, 5.41) is 22.1. The van der Waals surface area contributed by atoms with Crippen molar-refractivity contribution in [3.63, 3.8) is 0 Å². The Morgan fingerprint density at radius 3 is 2.38 bits per heavy atom. The van der Waals surface area contributed by atoms with E-state index < -0.39 is 5.54 Å². The molecule has 1 aromatic carbocycles. The first kappa shape index (κ1) is 31.4. The zero-order valence-corrected chi connectivity index (χ0v) is 29.2. The number of rotatable bonds is 2. The Morgan fingerprint density at radius 1 is 0.872 bits per heavy atom. The third-order valence-electron chi connectivity index (χ3n) is 16.5. The summed E-state index contributed by atoms with van der Waals surface area (Å²) in [5.74, 6) is 11.1. The number of aliphatic hydroxyl groups excluding tert-OH is 1. The molecule has 2 aliphatic heterocycles. The van der Waals surface area contributed by atoms with Crippen molar-refractivity contribution in [3.05, 3.63) is 29.3 Å². The molecule has 2 saturated heterocycles. The molecule has 0 unspecified atom stereocenters. The summed E-state index contributed by atoms with van der Waals surface area (Å²) in [7, 11) is 0. The van der Waals surface area contributed by atoms with Crippen LogP contribution in [0.2, 0.25) is 0 Å². The van der Waals surface area contributed by atoms with E-state index in [-0.39, 0.29) is 41.0 Å². The molecule has 9 aliphatic rings. The molecule has 1 aromatic rings. The van der Waals surface area contributed by atoms with Crippen LogP contribution in [-0.4, -0.2) is 33.6 Å². The highest BCUT2D eigenvalue weighted by atomic mass is 16.5.